The summed E-state index contributed by atoms with van der Waals surface area (Å²) in [4.78, 5) is 4.07. The molecule has 1 unspecified atom stereocenters. The van der Waals surface area contributed by atoms with Gasteiger partial charge in [0.1, 0.15) is 17.4 Å². The largest absolute Gasteiger partial charge is 0.481 e. The van der Waals surface area contributed by atoms with Crippen LogP contribution in [0.5, 0.6) is 5.88 Å². The van der Waals surface area contributed by atoms with E-state index >= 15 is 0 Å². The molecule has 2 aromatic heterocycles. The molecule has 0 saturated heterocycles. The Hall–Kier alpha value is -2.04. The number of aromatic nitrogens is 1. The van der Waals surface area contributed by atoms with Gasteiger partial charge in [0, 0.05) is 28.2 Å². The third-order valence-corrected chi connectivity index (χ3v) is 3.29. The van der Waals surface area contributed by atoms with Gasteiger partial charge < -0.3 is 14.3 Å². The van der Waals surface area contributed by atoms with Gasteiger partial charge in [-0.05, 0) is 30.3 Å². The molecule has 2 heterocycles. The second kappa shape index (κ2) is 5.15. The summed E-state index contributed by atoms with van der Waals surface area (Å²) in [5.41, 5.74) is 1.32. The molecule has 4 nitrogen and oxygen atoms in total. The first-order valence-corrected chi connectivity index (χ1v) is 6.42. The van der Waals surface area contributed by atoms with Gasteiger partial charge in [0.05, 0.1) is 7.11 Å². The number of hydrogen-bond donors (Lipinski definition) is 1. The Balaban J connectivity index is 1.96. The number of rotatable bonds is 3. The van der Waals surface area contributed by atoms with Crippen LogP contribution in [0.2, 0.25) is 5.02 Å². The molecule has 0 aliphatic rings. The summed E-state index contributed by atoms with van der Waals surface area (Å²) in [5, 5.41) is 11.8. The van der Waals surface area contributed by atoms with Crippen molar-refractivity contribution in [1.29, 1.82) is 0 Å². The zero-order valence-electron chi connectivity index (χ0n) is 10.7. The number of aliphatic hydroxyl groups is 1. The third kappa shape index (κ3) is 2.35. The van der Waals surface area contributed by atoms with Crippen molar-refractivity contribution in [3.63, 3.8) is 0 Å². The van der Waals surface area contributed by atoms with E-state index in [9.17, 15) is 5.11 Å². The number of halogens is 1. The first-order valence-electron chi connectivity index (χ1n) is 6.04. The molecule has 3 aromatic rings. The van der Waals surface area contributed by atoms with Crippen molar-refractivity contribution in [3.05, 3.63) is 58.9 Å². The zero-order valence-corrected chi connectivity index (χ0v) is 11.5. The van der Waals surface area contributed by atoms with E-state index in [1.54, 1.807) is 49.7 Å². The van der Waals surface area contributed by atoms with Gasteiger partial charge in [-0.3, -0.25) is 0 Å². The fourth-order valence-electron chi connectivity index (χ4n) is 2.01. The fourth-order valence-corrected chi connectivity index (χ4v) is 2.19. The Morgan fingerprint density at radius 3 is 2.80 bits per heavy atom. The Bertz CT molecular complexity index is 736. The van der Waals surface area contributed by atoms with Gasteiger partial charge >= 0.3 is 0 Å². The molecule has 0 bridgehead atoms. The number of fused-ring (bicyclic) bond motifs is 1. The minimum absolute atomic E-state index is 0.453. The third-order valence-electron chi connectivity index (χ3n) is 3.05. The minimum atomic E-state index is -0.875. The highest BCUT2D eigenvalue weighted by Gasteiger charge is 2.16. The lowest BCUT2D eigenvalue weighted by Crippen LogP contribution is -1.99. The van der Waals surface area contributed by atoms with Gasteiger partial charge in [-0.15, -0.1) is 0 Å². The van der Waals surface area contributed by atoms with Crippen molar-refractivity contribution in [2.75, 3.05) is 7.11 Å². The van der Waals surface area contributed by atoms with E-state index in [-0.39, 0.29) is 0 Å². The number of ether oxygens (including phenoxy) is 1. The molecule has 0 aliphatic heterocycles. The maximum absolute atomic E-state index is 10.3. The second-order valence-corrected chi connectivity index (χ2v) is 4.80. The topological polar surface area (TPSA) is 55.5 Å². The standard InChI is InChI=1S/C15H12ClNO3/c1-19-14-5-2-9(8-17-14)15(18)13-7-10-6-11(16)3-4-12(10)20-13/h2-8,15,18H,1H3. The van der Waals surface area contributed by atoms with Gasteiger partial charge in [0.2, 0.25) is 5.88 Å². The summed E-state index contributed by atoms with van der Waals surface area (Å²) >= 11 is 5.93. The average Bonchev–Trinajstić information content (AvgIpc) is 2.89. The lowest BCUT2D eigenvalue weighted by Gasteiger charge is -2.07. The molecule has 1 atom stereocenters. The van der Waals surface area contributed by atoms with Crippen LogP contribution in [0.3, 0.4) is 0 Å². The monoisotopic (exact) mass is 289 g/mol. The van der Waals surface area contributed by atoms with Crippen molar-refractivity contribution in [2.45, 2.75) is 6.10 Å². The number of aliphatic hydroxyl groups excluding tert-OH is 1. The van der Waals surface area contributed by atoms with Gasteiger partial charge in [0.25, 0.3) is 0 Å². The molecule has 0 fully saturated rings. The lowest BCUT2D eigenvalue weighted by molar-refractivity contribution is 0.191. The van der Waals surface area contributed by atoms with Gasteiger partial charge in [-0.2, -0.15) is 0 Å². The highest BCUT2D eigenvalue weighted by Crippen LogP contribution is 2.29. The molecule has 0 radical (unpaired) electrons. The highest BCUT2D eigenvalue weighted by molar-refractivity contribution is 6.31. The predicted octanol–water partition coefficient (Wildman–Crippen LogP) is 3.57. The second-order valence-electron chi connectivity index (χ2n) is 4.37. The lowest BCUT2D eigenvalue weighted by atomic mass is 10.1. The first kappa shape index (κ1) is 13.0. The molecule has 102 valence electrons. The van der Waals surface area contributed by atoms with Crippen LogP contribution in [0.1, 0.15) is 17.4 Å². The van der Waals surface area contributed by atoms with E-state index in [4.69, 9.17) is 20.8 Å². The van der Waals surface area contributed by atoms with Gasteiger partial charge in [-0.1, -0.05) is 11.6 Å². The molecule has 1 N–H and O–H groups in total. The molecule has 1 aromatic carbocycles. The first-order chi connectivity index (χ1) is 9.67. The quantitative estimate of drug-likeness (QED) is 0.801. The number of pyridine rings is 1. The van der Waals surface area contributed by atoms with Crippen molar-refractivity contribution in [3.8, 4) is 5.88 Å². The Labute approximate surface area is 120 Å². The SMILES string of the molecule is COc1ccc(C(O)c2cc3cc(Cl)ccc3o2)cn1. The predicted molar refractivity (Wildman–Crippen MR) is 76.1 cm³/mol. The number of benzene rings is 1. The summed E-state index contributed by atoms with van der Waals surface area (Å²) in [7, 11) is 1.54. The van der Waals surface area contributed by atoms with E-state index in [2.05, 4.69) is 4.98 Å². The molecule has 0 saturated carbocycles. The van der Waals surface area contributed by atoms with E-state index in [1.807, 2.05) is 0 Å². The van der Waals surface area contributed by atoms with Crippen LogP contribution in [0.15, 0.2) is 47.0 Å². The zero-order chi connectivity index (χ0) is 14.1. The smallest absolute Gasteiger partial charge is 0.212 e. The number of furan rings is 1. The van der Waals surface area contributed by atoms with Gasteiger partial charge in [-0.25, -0.2) is 4.98 Å². The average molecular weight is 290 g/mol. The molecule has 3 rings (SSSR count). The van der Waals surface area contributed by atoms with Crippen LogP contribution < -0.4 is 4.74 Å². The maximum Gasteiger partial charge on any atom is 0.212 e. The summed E-state index contributed by atoms with van der Waals surface area (Å²) in [6.07, 6.45) is 0.684. The molecular weight excluding hydrogens is 278 g/mol. The summed E-state index contributed by atoms with van der Waals surface area (Å²) in [6, 6.07) is 10.5. The Kier molecular flexibility index (Phi) is 3.34. The molecule has 0 amide bonds. The van der Waals surface area contributed by atoms with Crippen LogP contribution in [0.4, 0.5) is 0 Å². The molecule has 0 aliphatic carbocycles. The maximum atomic E-state index is 10.3. The summed E-state index contributed by atoms with van der Waals surface area (Å²) in [5.74, 6) is 0.951. The Morgan fingerprint density at radius 2 is 2.10 bits per heavy atom. The molecule has 5 heteroatoms. The van der Waals surface area contributed by atoms with E-state index in [0.717, 1.165) is 5.39 Å². The summed E-state index contributed by atoms with van der Waals surface area (Å²) < 4.78 is 10.6. The van der Waals surface area contributed by atoms with E-state index < -0.39 is 6.10 Å². The van der Waals surface area contributed by atoms with Crippen molar-refractivity contribution < 1.29 is 14.3 Å². The normalized spacial score (nSPS) is 12.6. The van der Waals surface area contributed by atoms with Crippen molar-refractivity contribution in [1.82, 2.24) is 4.98 Å². The van der Waals surface area contributed by atoms with Crippen LogP contribution >= 0.6 is 11.6 Å². The molecular formula is C15H12ClNO3. The van der Waals surface area contributed by atoms with Gasteiger partial charge in [0.15, 0.2) is 0 Å². The highest BCUT2D eigenvalue weighted by atomic mass is 35.5. The van der Waals surface area contributed by atoms with E-state index in [1.165, 1.54) is 0 Å². The fraction of sp³-hybridized carbons (Fsp3) is 0.133. The molecule has 20 heavy (non-hydrogen) atoms. The van der Waals surface area contributed by atoms with E-state index in [0.29, 0.717) is 27.8 Å². The molecule has 0 spiro atoms. The summed E-state index contributed by atoms with van der Waals surface area (Å²) in [6.45, 7) is 0. The minimum Gasteiger partial charge on any atom is -0.481 e. The van der Waals surface area contributed by atoms with Crippen LogP contribution in [0.25, 0.3) is 11.0 Å². The Morgan fingerprint density at radius 1 is 1.25 bits per heavy atom. The number of methoxy groups -OCH3 is 1. The number of hydrogen-bond acceptors (Lipinski definition) is 4. The van der Waals surface area contributed by atoms with Crippen molar-refractivity contribution in [2.24, 2.45) is 0 Å². The number of nitrogens with zero attached hydrogens (tertiary/aromatic N) is 1. The van der Waals surface area contributed by atoms with Crippen LogP contribution in [0, 0.1) is 0 Å². The van der Waals surface area contributed by atoms with Crippen LogP contribution in [-0.2, 0) is 0 Å². The van der Waals surface area contributed by atoms with Crippen LogP contribution in [-0.4, -0.2) is 17.2 Å². The van der Waals surface area contributed by atoms with Crippen molar-refractivity contribution >= 4 is 22.6 Å².